The minimum atomic E-state index is 0.0134. The highest BCUT2D eigenvalue weighted by Gasteiger charge is 2.10. The molecule has 0 fully saturated rings. The minimum absolute atomic E-state index is 0.0134. The molecular formula is C12H26N2O. The van der Waals surface area contributed by atoms with E-state index in [9.17, 15) is 4.79 Å². The Morgan fingerprint density at radius 3 is 2.33 bits per heavy atom. The Kier molecular flexibility index (Phi) is 7.39. The van der Waals surface area contributed by atoms with Gasteiger partial charge in [-0.2, -0.15) is 0 Å². The summed E-state index contributed by atoms with van der Waals surface area (Å²) >= 11 is 0. The molecule has 0 aliphatic carbocycles. The summed E-state index contributed by atoms with van der Waals surface area (Å²) in [6, 6.07) is 0. The van der Waals surface area contributed by atoms with E-state index in [1.807, 2.05) is 0 Å². The third-order valence-electron chi connectivity index (χ3n) is 2.13. The number of nitrogens with one attached hydrogen (secondary N) is 2. The van der Waals surface area contributed by atoms with Crippen LogP contribution in [0.3, 0.4) is 0 Å². The molecule has 0 atom stereocenters. The molecule has 0 aromatic carbocycles. The van der Waals surface area contributed by atoms with Crippen molar-refractivity contribution in [3.63, 3.8) is 0 Å². The van der Waals surface area contributed by atoms with Crippen LogP contribution in [0, 0.1) is 0 Å². The first-order chi connectivity index (χ1) is 6.95. The number of hydrogen-bond donors (Lipinski definition) is 2. The second-order valence-corrected chi connectivity index (χ2v) is 5.01. The highest BCUT2D eigenvalue weighted by atomic mass is 16.1. The van der Waals surface area contributed by atoms with E-state index in [-0.39, 0.29) is 11.4 Å². The number of amides is 1. The maximum atomic E-state index is 11.3. The molecule has 0 unspecified atom stereocenters. The van der Waals surface area contributed by atoms with Gasteiger partial charge in [-0.25, -0.2) is 0 Å². The van der Waals surface area contributed by atoms with Gasteiger partial charge >= 0.3 is 0 Å². The van der Waals surface area contributed by atoms with Crippen LogP contribution in [0.4, 0.5) is 0 Å². The molecule has 0 aromatic rings. The number of hydrogen-bond acceptors (Lipinski definition) is 2. The van der Waals surface area contributed by atoms with E-state index < -0.39 is 0 Å². The summed E-state index contributed by atoms with van der Waals surface area (Å²) in [5.74, 6) is 0.0985. The highest BCUT2D eigenvalue weighted by Crippen LogP contribution is 1.98. The molecular weight excluding hydrogens is 188 g/mol. The van der Waals surface area contributed by atoms with E-state index in [2.05, 4.69) is 38.3 Å². The molecule has 0 aliphatic heterocycles. The van der Waals surface area contributed by atoms with Gasteiger partial charge in [-0.15, -0.1) is 0 Å². The van der Waals surface area contributed by atoms with Gasteiger partial charge < -0.3 is 10.6 Å². The SMILES string of the molecule is CCCCCCNC(=O)CNC(C)(C)C. The third kappa shape index (κ3) is 11.4. The summed E-state index contributed by atoms with van der Waals surface area (Å²) in [7, 11) is 0. The Balaban J connectivity index is 3.34. The van der Waals surface area contributed by atoms with Crippen molar-refractivity contribution in [1.29, 1.82) is 0 Å². The van der Waals surface area contributed by atoms with Crippen LogP contribution in [0.2, 0.25) is 0 Å². The van der Waals surface area contributed by atoms with Gasteiger partial charge in [0.1, 0.15) is 0 Å². The third-order valence-corrected chi connectivity index (χ3v) is 2.13. The van der Waals surface area contributed by atoms with E-state index in [1.165, 1.54) is 19.3 Å². The average molecular weight is 214 g/mol. The predicted octanol–water partition coefficient (Wildman–Crippen LogP) is 2.07. The number of unbranched alkanes of at least 4 members (excludes halogenated alkanes) is 3. The van der Waals surface area contributed by atoms with Crippen molar-refractivity contribution in [1.82, 2.24) is 10.6 Å². The van der Waals surface area contributed by atoms with Gasteiger partial charge in [0.15, 0.2) is 0 Å². The zero-order valence-electron chi connectivity index (χ0n) is 10.7. The molecule has 1 amide bonds. The summed E-state index contributed by atoms with van der Waals surface area (Å²) in [6.07, 6.45) is 4.80. The molecule has 0 bridgehead atoms. The van der Waals surface area contributed by atoms with Gasteiger partial charge in [0.05, 0.1) is 6.54 Å². The molecule has 0 aromatic heterocycles. The zero-order valence-corrected chi connectivity index (χ0v) is 10.7. The van der Waals surface area contributed by atoms with Crippen molar-refractivity contribution in [2.45, 2.75) is 58.9 Å². The van der Waals surface area contributed by atoms with Crippen molar-refractivity contribution in [3.8, 4) is 0 Å². The molecule has 0 saturated carbocycles. The molecule has 0 heterocycles. The van der Waals surface area contributed by atoms with E-state index in [1.54, 1.807) is 0 Å². The van der Waals surface area contributed by atoms with Crippen LogP contribution in [0.15, 0.2) is 0 Å². The summed E-state index contributed by atoms with van der Waals surface area (Å²) in [5, 5.41) is 6.07. The second kappa shape index (κ2) is 7.69. The van der Waals surface area contributed by atoms with Gasteiger partial charge in [0.25, 0.3) is 0 Å². The summed E-state index contributed by atoms with van der Waals surface area (Å²) in [6.45, 7) is 9.58. The molecule has 0 saturated heterocycles. The molecule has 2 N–H and O–H groups in total. The largest absolute Gasteiger partial charge is 0.355 e. The van der Waals surface area contributed by atoms with Gasteiger partial charge in [0, 0.05) is 12.1 Å². The molecule has 0 radical (unpaired) electrons. The fourth-order valence-electron chi connectivity index (χ4n) is 1.19. The van der Waals surface area contributed by atoms with Gasteiger partial charge in [0.2, 0.25) is 5.91 Å². The van der Waals surface area contributed by atoms with Crippen LogP contribution in [0.5, 0.6) is 0 Å². The van der Waals surface area contributed by atoms with E-state index in [4.69, 9.17) is 0 Å². The Labute approximate surface area is 94.0 Å². The topological polar surface area (TPSA) is 41.1 Å². The van der Waals surface area contributed by atoms with E-state index in [0.717, 1.165) is 13.0 Å². The molecule has 3 nitrogen and oxygen atoms in total. The van der Waals surface area contributed by atoms with E-state index in [0.29, 0.717) is 6.54 Å². The Bertz CT molecular complexity index is 173. The summed E-state index contributed by atoms with van der Waals surface area (Å²) in [5.41, 5.74) is 0.0134. The van der Waals surface area contributed by atoms with Crippen LogP contribution in [-0.2, 0) is 4.79 Å². The first-order valence-corrected chi connectivity index (χ1v) is 5.97. The average Bonchev–Trinajstić information content (AvgIpc) is 2.13. The maximum Gasteiger partial charge on any atom is 0.233 e. The Morgan fingerprint density at radius 1 is 1.13 bits per heavy atom. The molecule has 3 heteroatoms. The lowest BCUT2D eigenvalue weighted by atomic mass is 10.1. The smallest absolute Gasteiger partial charge is 0.233 e. The second-order valence-electron chi connectivity index (χ2n) is 5.01. The van der Waals surface area contributed by atoms with Crippen molar-refractivity contribution in [2.75, 3.05) is 13.1 Å². The molecule has 90 valence electrons. The lowest BCUT2D eigenvalue weighted by Crippen LogP contribution is -2.43. The first-order valence-electron chi connectivity index (χ1n) is 5.97. The molecule has 0 rings (SSSR count). The van der Waals surface area contributed by atoms with Crippen molar-refractivity contribution < 1.29 is 4.79 Å². The minimum Gasteiger partial charge on any atom is -0.355 e. The maximum absolute atomic E-state index is 11.3. The number of carbonyl (C=O) groups is 1. The molecule has 0 aliphatic rings. The molecule has 0 spiro atoms. The standard InChI is InChI=1S/C12H26N2O/c1-5-6-7-8-9-13-11(15)10-14-12(2,3)4/h14H,5-10H2,1-4H3,(H,13,15). The normalized spacial score (nSPS) is 11.5. The van der Waals surface area contributed by atoms with Crippen molar-refractivity contribution in [3.05, 3.63) is 0 Å². The van der Waals surface area contributed by atoms with Gasteiger partial charge in [-0.3, -0.25) is 4.79 Å². The quantitative estimate of drug-likeness (QED) is 0.637. The predicted molar refractivity (Wildman–Crippen MR) is 64.9 cm³/mol. The van der Waals surface area contributed by atoms with Crippen LogP contribution >= 0.6 is 0 Å². The monoisotopic (exact) mass is 214 g/mol. The fourth-order valence-corrected chi connectivity index (χ4v) is 1.19. The summed E-state index contributed by atoms with van der Waals surface area (Å²) in [4.78, 5) is 11.3. The van der Waals surface area contributed by atoms with Crippen LogP contribution in [0.25, 0.3) is 0 Å². The zero-order chi connectivity index (χ0) is 11.7. The lowest BCUT2D eigenvalue weighted by molar-refractivity contribution is -0.120. The number of carbonyl (C=O) groups excluding carboxylic acids is 1. The van der Waals surface area contributed by atoms with Crippen LogP contribution < -0.4 is 10.6 Å². The van der Waals surface area contributed by atoms with E-state index >= 15 is 0 Å². The highest BCUT2D eigenvalue weighted by molar-refractivity contribution is 5.78. The van der Waals surface area contributed by atoms with Gasteiger partial charge in [-0.1, -0.05) is 26.2 Å². The number of rotatable bonds is 7. The Hall–Kier alpha value is -0.570. The van der Waals surface area contributed by atoms with Crippen LogP contribution in [-0.4, -0.2) is 24.5 Å². The molecule has 15 heavy (non-hydrogen) atoms. The van der Waals surface area contributed by atoms with Crippen molar-refractivity contribution in [2.24, 2.45) is 0 Å². The van der Waals surface area contributed by atoms with Gasteiger partial charge in [-0.05, 0) is 27.2 Å². The van der Waals surface area contributed by atoms with Crippen molar-refractivity contribution >= 4 is 5.91 Å². The Morgan fingerprint density at radius 2 is 1.80 bits per heavy atom. The lowest BCUT2D eigenvalue weighted by Gasteiger charge is -2.19. The van der Waals surface area contributed by atoms with Crippen LogP contribution in [0.1, 0.15) is 53.4 Å². The summed E-state index contributed by atoms with van der Waals surface area (Å²) < 4.78 is 0. The first kappa shape index (κ1) is 14.4. The fraction of sp³-hybridized carbons (Fsp3) is 0.917.